The first-order chi connectivity index (χ1) is 18.1. The molecular weight excluding hydrogens is 540 g/mol. The second-order valence-electron chi connectivity index (χ2n) is 8.56. The number of aryl methyl sites for hydroxylation is 1. The molecule has 7 nitrogen and oxygen atoms in total. The number of alkyl halides is 2. The van der Waals surface area contributed by atoms with E-state index >= 15 is 0 Å². The van der Waals surface area contributed by atoms with E-state index in [1.807, 2.05) is 0 Å². The minimum absolute atomic E-state index is 0.0110. The number of benzene rings is 2. The van der Waals surface area contributed by atoms with Gasteiger partial charge in [-0.15, -0.1) is 0 Å². The molecule has 0 unspecified atom stereocenters. The van der Waals surface area contributed by atoms with Gasteiger partial charge in [-0.3, -0.25) is 9.48 Å². The molecule has 0 aliphatic rings. The first kappa shape index (κ1) is 25.7. The first-order valence-corrected chi connectivity index (χ1v) is 12.1. The Kier molecular flexibility index (Phi) is 6.85. The molecule has 1 N–H and O–H groups in total. The number of hydrogen-bond donors (Lipinski definition) is 1. The molecule has 0 radical (unpaired) electrons. The monoisotopic (exact) mass is 558 g/mol. The molecule has 3 heterocycles. The lowest BCUT2D eigenvalue weighted by molar-refractivity contribution is 0.102. The summed E-state index contributed by atoms with van der Waals surface area (Å²) in [4.78, 5) is 17.7. The Morgan fingerprint density at radius 3 is 2.50 bits per heavy atom. The Hall–Kier alpha value is -3.89. The van der Waals surface area contributed by atoms with Crippen molar-refractivity contribution in [2.24, 2.45) is 0 Å². The normalized spacial score (nSPS) is 11.5. The van der Waals surface area contributed by atoms with Crippen LogP contribution in [0.1, 0.15) is 39.4 Å². The van der Waals surface area contributed by atoms with Gasteiger partial charge in [0.15, 0.2) is 5.65 Å². The van der Waals surface area contributed by atoms with Crippen LogP contribution in [0.2, 0.25) is 10.0 Å². The molecule has 1 amide bonds. The van der Waals surface area contributed by atoms with Gasteiger partial charge in [0.05, 0.1) is 35.5 Å². The quantitative estimate of drug-likeness (QED) is 0.246. The van der Waals surface area contributed by atoms with Crippen LogP contribution in [0, 0.1) is 19.7 Å². The van der Waals surface area contributed by atoms with Crippen molar-refractivity contribution < 1.29 is 18.0 Å². The van der Waals surface area contributed by atoms with Gasteiger partial charge < -0.3 is 5.32 Å². The molecule has 12 heteroatoms. The Bertz CT molecular complexity index is 1680. The van der Waals surface area contributed by atoms with E-state index in [1.54, 1.807) is 36.7 Å². The first-order valence-electron chi connectivity index (χ1n) is 11.3. The number of halogens is 5. The number of hydrogen-bond acceptors (Lipinski definition) is 4. The van der Waals surface area contributed by atoms with Crippen molar-refractivity contribution in [2.75, 3.05) is 5.32 Å². The van der Waals surface area contributed by atoms with Crippen LogP contribution in [0.4, 0.5) is 18.9 Å². The molecule has 0 atom stereocenters. The average Bonchev–Trinajstić information content (AvgIpc) is 3.42. The zero-order valence-corrected chi connectivity index (χ0v) is 21.5. The molecule has 5 aromatic rings. The van der Waals surface area contributed by atoms with Crippen LogP contribution >= 0.6 is 23.2 Å². The fourth-order valence-electron chi connectivity index (χ4n) is 4.09. The summed E-state index contributed by atoms with van der Waals surface area (Å²) in [5.74, 6) is -1.07. The predicted octanol–water partition coefficient (Wildman–Crippen LogP) is 6.89. The molecule has 194 valence electrons. The average molecular weight is 559 g/mol. The molecule has 38 heavy (non-hydrogen) atoms. The van der Waals surface area contributed by atoms with E-state index in [0.29, 0.717) is 39.2 Å². The minimum atomic E-state index is -2.89. The summed E-state index contributed by atoms with van der Waals surface area (Å²) >= 11 is 12.3. The fourth-order valence-corrected chi connectivity index (χ4v) is 4.56. The number of nitrogens with one attached hydrogen (secondary N) is 1. The van der Waals surface area contributed by atoms with E-state index in [4.69, 9.17) is 23.2 Å². The summed E-state index contributed by atoms with van der Waals surface area (Å²) < 4.78 is 43.8. The lowest BCUT2D eigenvalue weighted by Gasteiger charge is -2.10. The molecule has 0 fully saturated rings. The third kappa shape index (κ3) is 4.84. The molecule has 0 bridgehead atoms. The molecule has 5 rings (SSSR count). The van der Waals surface area contributed by atoms with Gasteiger partial charge in [-0.05, 0) is 61.9 Å². The van der Waals surface area contributed by atoms with Gasteiger partial charge >= 0.3 is 0 Å². The zero-order valence-electron chi connectivity index (χ0n) is 20.0. The van der Waals surface area contributed by atoms with Crippen LogP contribution in [0.5, 0.6) is 0 Å². The maximum Gasteiger partial charge on any atom is 0.280 e. The number of aromatic nitrogens is 5. The molecule has 0 aliphatic carbocycles. The van der Waals surface area contributed by atoms with Gasteiger partial charge in [-0.1, -0.05) is 29.3 Å². The minimum Gasteiger partial charge on any atom is -0.319 e. The predicted molar refractivity (Wildman–Crippen MR) is 139 cm³/mol. The Morgan fingerprint density at radius 2 is 1.82 bits per heavy atom. The molecule has 2 aromatic carbocycles. The van der Waals surface area contributed by atoms with Crippen LogP contribution in [0.3, 0.4) is 0 Å². The fraction of sp³-hybridized carbons (Fsp3) is 0.154. The number of rotatable bonds is 6. The van der Waals surface area contributed by atoms with Crippen LogP contribution < -0.4 is 5.32 Å². The van der Waals surface area contributed by atoms with Gasteiger partial charge in [-0.25, -0.2) is 22.7 Å². The van der Waals surface area contributed by atoms with Crippen molar-refractivity contribution in [1.82, 2.24) is 24.4 Å². The second-order valence-corrected chi connectivity index (χ2v) is 9.40. The van der Waals surface area contributed by atoms with Crippen molar-refractivity contribution in [3.05, 3.63) is 98.8 Å². The molecule has 0 aliphatic heterocycles. The van der Waals surface area contributed by atoms with Crippen molar-refractivity contribution in [2.45, 2.75) is 26.8 Å². The SMILES string of the molecule is Cc1nn(Cc2ccc(Cl)cc2Cl)c(C)c1NC(=O)c1cnn2c(C(F)F)cc(-c3ccc(F)cc3)nc12. The summed E-state index contributed by atoms with van der Waals surface area (Å²) in [6.07, 6.45) is -1.71. The van der Waals surface area contributed by atoms with Gasteiger partial charge in [-0.2, -0.15) is 10.2 Å². The highest BCUT2D eigenvalue weighted by atomic mass is 35.5. The summed E-state index contributed by atoms with van der Waals surface area (Å²) in [7, 11) is 0. The zero-order chi connectivity index (χ0) is 27.1. The van der Waals surface area contributed by atoms with E-state index in [-0.39, 0.29) is 16.9 Å². The van der Waals surface area contributed by atoms with Gasteiger partial charge in [0.1, 0.15) is 17.1 Å². The van der Waals surface area contributed by atoms with Crippen molar-refractivity contribution in [3.8, 4) is 11.3 Å². The Balaban J connectivity index is 1.49. The molecule has 0 saturated heterocycles. The number of carbonyl (C=O) groups excluding carboxylic acids is 1. The lowest BCUT2D eigenvalue weighted by Crippen LogP contribution is -2.14. The van der Waals surface area contributed by atoms with E-state index in [0.717, 1.165) is 10.1 Å². The number of fused-ring (bicyclic) bond motifs is 1. The largest absolute Gasteiger partial charge is 0.319 e. The summed E-state index contributed by atoms with van der Waals surface area (Å²) in [5, 5.41) is 12.3. The second kappa shape index (κ2) is 10.1. The highest BCUT2D eigenvalue weighted by molar-refractivity contribution is 6.35. The molecule has 0 saturated carbocycles. The van der Waals surface area contributed by atoms with Crippen LogP contribution in [-0.4, -0.2) is 30.3 Å². The summed E-state index contributed by atoms with van der Waals surface area (Å²) in [6.45, 7) is 3.86. The van der Waals surface area contributed by atoms with Gasteiger partial charge in [0.25, 0.3) is 12.3 Å². The number of carbonyl (C=O) groups is 1. The smallest absolute Gasteiger partial charge is 0.280 e. The van der Waals surface area contributed by atoms with E-state index in [9.17, 15) is 18.0 Å². The van der Waals surface area contributed by atoms with Crippen LogP contribution in [0.15, 0.2) is 54.7 Å². The number of nitrogens with zero attached hydrogens (tertiary/aromatic N) is 5. The van der Waals surface area contributed by atoms with Crippen molar-refractivity contribution >= 4 is 40.4 Å². The Labute approximate surface area is 224 Å². The topological polar surface area (TPSA) is 77.1 Å². The highest BCUT2D eigenvalue weighted by Gasteiger charge is 2.23. The Morgan fingerprint density at radius 1 is 1.08 bits per heavy atom. The van der Waals surface area contributed by atoms with Crippen LogP contribution in [-0.2, 0) is 6.54 Å². The van der Waals surface area contributed by atoms with E-state index in [2.05, 4.69) is 20.5 Å². The maximum absolute atomic E-state index is 13.9. The third-order valence-electron chi connectivity index (χ3n) is 6.06. The summed E-state index contributed by atoms with van der Waals surface area (Å²) in [6, 6.07) is 11.6. The van der Waals surface area contributed by atoms with E-state index in [1.165, 1.54) is 36.5 Å². The molecular formula is C26H19Cl2F3N6O. The highest BCUT2D eigenvalue weighted by Crippen LogP contribution is 2.29. The number of amides is 1. The van der Waals surface area contributed by atoms with Crippen LogP contribution in [0.25, 0.3) is 16.9 Å². The summed E-state index contributed by atoms with van der Waals surface area (Å²) in [5.41, 5.74) is 2.51. The van der Waals surface area contributed by atoms with E-state index < -0.39 is 23.8 Å². The third-order valence-corrected chi connectivity index (χ3v) is 6.65. The number of anilines is 1. The van der Waals surface area contributed by atoms with Gasteiger partial charge in [0, 0.05) is 15.6 Å². The maximum atomic E-state index is 13.9. The van der Waals surface area contributed by atoms with Gasteiger partial charge in [0.2, 0.25) is 0 Å². The standard InChI is InChI=1S/C26H19Cl2F3N6O/c1-13-23(14(2)36(35-13)12-16-3-6-17(27)9-20(16)28)34-26(38)19-11-32-37-22(24(30)31)10-21(33-25(19)37)15-4-7-18(29)8-5-15/h3-11,24H,12H2,1-2H3,(H,34,38). The van der Waals surface area contributed by atoms with Crippen molar-refractivity contribution in [1.29, 1.82) is 0 Å². The molecule has 3 aromatic heterocycles. The van der Waals surface area contributed by atoms with Crippen molar-refractivity contribution in [3.63, 3.8) is 0 Å². The lowest BCUT2D eigenvalue weighted by atomic mass is 10.1. The molecule has 0 spiro atoms.